The van der Waals surface area contributed by atoms with Gasteiger partial charge in [-0.2, -0.15) is 0 Å². The first-order chi connectivity index (χ1) is 13.3. The third-order valence-corrected chi connectivity index (χ3v) is 5.88. The Morgan fingerprint density at radius 2 is 1.86 bits per heavy atom. The van der Waals surface area contributed by atoms with E-state index in [9.17, 15) is 13.2 Å². The molecule has 0 radical (unpaired) electrons. The van der Waals surface area contributed by atoms with Crippen molar-refractivity contribution in [3.63, 3.8) is 0 Å². The zero-order chi connectivity index (χ0) is 20.3. The normalized spacial score (nSPS) is 11.1. The van der Waals surface area contributed by atoms with E-state index in [1.807, 2.05) is 12.1 Å². The summed E-state index contributed by atoms with van der Waals surface area (Å²) in [6.07, 6.45) is 1.11. The van der Waals surface area contributed by atoms with Crippen LogP contribution in [0.3, 0.4) is 0 Å². The molecular weight excluding hydrogens is 400 g/mol. The lowest BCUT2D eigenvalue weighted by Crippen LogP contribution is -2.12. The predicted molar refractivity (Wildman–Crippen MR) is 108 cm³/mol. The largest absolute Gasteiger partial charge is 0.493 e. The van der Waals surface area contributed by atoms with E-state index in [1.165, 1.54) is 30.6 Å². The van der Waals surface area contributed by atoms with Crippen molar-refractivity contribution < 1.29 is 22.7 Å². The number of hydrogen-bond acceptors (Lipinski definition) is 7. The molecule has 0 fully saturated rings. The number of nitrogens with zero attached hydrogens (tertiary/aromatic N) is 1. The summed E-state index contributed by atoms with van der Waals surface area (Å²) in [4.78, 5) is 17.0. The standard InChI is InChI=1S/C19H18N2O5S2/c1-25-16-9-5-8-14(17(16)26-2)19-21-15(11-27-19)18(22)20-12-6-4-7-13(10-12)28(3,23)24/h4-11H,1-3H3,(H,20,22). The average molecular weight is 418 g/mol. The van der Waals surface area contributed by atoms with Gasteiger partial charge >= 0.3 is 0 Å². The Hall–Kier alpha value is -2.91. The van der Waals surface area contributed by atoms with Crippen LogP contribution < -0.4 is 14.8 Å². The number of sulfone groups is 1. The van der Waals surface area contributed by atoms with Gasteiger partial charge in [-0.15, -0.1) is 11.3 Å². The predicted octanol–water partition coefficient (Wildman–Crippen LogP) is 3.48. The maximum atomic E-state index is 12.5. The van der Waals surface area contributed by atoms with Crippen LogP contribution in [0.2, 0.25) is 0 Å². The van der Waals surface area contributed by atoms with Crippen molar-refractivity contribution in [3.05, 3.63) is 53.5 Å². The number of methoxy groups -OCH3 is 2. The van der Waals surface area contributed by atoms with Crippen molar-refractivity contribution in [3.8, 4) is 22.1 Å². The number of amides is 1. The van der Waals surface area contributed by atoms with E-state index < -0.39 is 15.7 Å². The van der Waals surface area contributed by atoms with Crippen LogP contribution in [0.15, 0.2) is 52.7 Å². The maximum absolute atomic E-state index is 12.5. The van der Waals surface area contributed by atoms with Crippen LogP contribution in [0.5, 0.6) is 11.5 Å². The third kappa shape index (κ3) is 4.15. The zero-order valence-corrected chi connectivity index (χ0v) is 17.1. The summed E-state index contributed by atoms with van der Waals surface area (Å²) in [5, 5.41) is 4.90. The zero-order valence-electron chi connectivity index (χ0n) is 15.4. The van der Waals surface area contributed by atoms with Crippen molar-refractivity contribution in [2.75, 3.05) is 25.8 Å². The molecule has 0 saturated heterocycles. The summed E-state index contributed by atoms with van der Waals surface area (Å²) in [5.41, 5.74) is 1.31. The van der Waals surface area contributed by atoms with Crippen LogP contribution in [-0.4, -0.2) is 39.8 Å². The van der Waals surface area contributed by atoms with Crippen LogP contribution in [0.4, 0.5) is 5.69 Å². The maximum Gasteiger partial charge on any atom is 0.275 e. The molecule has 3 rings (SSSR count). The van der Waals surface area contributed by atoms with Crippen LogP contribution in [0, 0.1) is 0 Å². The second-order valence-electron chi connectivity index (χ2n) is 5.83. The number of ether oxygens (including phenoxy) is 2. The quantitative estimate of drug-likeness (QED) is 0.659. The topological polar surface area (TPSA) is 94.6 Å². The number of anilines is 1. The molecule has 0 spiro atoms. The molecule has 0 aliphatic carbocycles. The first-order valence-corrected chi connectivity index (χ1v) is 10.9. The number of rotatable bonds is 6. The Morgan fingerprint density at radius 1 is 1.11 bits per heavy atom. The Kier molecular flexibility index (Phi) is 5.66. The lowest BCUT2D eigenvalue weighted by molar-refractivity contribution is 0.102. The van der Waals surface area contributed by atoms with Crippen molar-refractivity contribution >= 4 is 32.8 Å². The van der Waals surface area contributed by atoms with Gasteiger partial charge in [0, 0.05) is 17.3 Å². The lowest BCUT2D eigenvalue weighted by Gasteiger charge is -2.10. The van der Waals surface area contributed by atoms with E-state index in [2.05, 4.69) is 10.3 Å². The molecule has 0 aliphatic heterocycles. The van der Waals surface area contributed by atoms with Crippen LogP contribution >= 0.6 is 11.3 Å². The second-order valence-corrected chi connectivity index (χ2v) is 8.71. The van der Waals surface area contributed by atoms with Crippen molar-refractivity contribution in [1.29, 1.82) is 0 Å². The number of benzene rings is 2. The van der Waals surface area contributed by atoms with Crippen LogP contribution in [-0.2, 0) is 9.84 Å². The Labute approximate surface area is 166 Å². The van der Waals surface area contributed by atoms with E-state index in [0.29, 0.717) is 27.8 Å². The second kappa shape index (κ2) is 7.99. The van der Waals surface area contributed by atoms with Gasteiger partial charge in [0.05, 0.1) is 24.7 Å². The summed E-state index contributed by atoms with van der Waals surface area (Å²) in [6, 6.07) is 11.5. The summed E-state index contributed by atoms with van der Waals surface area (Å²) in [6.45, 7) is 0. The highest BCUT2D eigenvalue weighted by Gasteiger charge is 2.17. The highest BCUT2D eigenvalue weighted by Crippen LogP contribution is 2.39. The van der Waals surface area contributed by atoms with Crippen molar-refractivity contribution in [2.45, 2.75) is 4.90 Å². The monoisotopic (exact) mass is 418 g/mol. The number of nitrogens with one attached hydrogen (secondary N) is 1. The molecule has 0 bridgehead atoms. The summed E-state index contributed by atoms with van der Waals surface area (Å²) < 4.78 is 34.0. The Bertz CT molecular complexity index is 1120. The molecule has 28 heavy (non-hydrogen) atoms. The first-order valence-electron chi connectivity index (χ1n) is 8.12. The molecule has 7 nitrogen and oxygen atoms in total. The Morgan fingerprint density at radius 3 is 2.54 bits per heavy atom. The smallest absolute Gasteiger partial charge is 0.275 e. The van der Waals surface area contributed by atoms with Crippen molar-refractivity contribution in [2.24, 2.45) is 0 Å². The summed E-state index contributed by atoms with van der Waals surface area (Å²) in [7, 11) is -0.275. The third-order valence-electron chi connectivity index (χ3n) is 3.89. The number of aromatic nitrogens is 1. The molecule has 3 aromatic rings. The summed E-state index contributed by atoms with van der Waals surface area (Å²) in [5.74, 6) is 0.668. The minimum absolute atomic E-state index is 0.130. The van der Waals surface area contributed by atoms with E-state index in [1.54, 1.807) is 30.7 Å². The van der Waals surface area contributed by atoms with E-state index in [4.69, 9.17) is 9.47 Å². The Balaban J connectivity index is 1.86. The molecule has 1 N–H and O–H groups in total. The minimum Gasteiger partial charge on any atom is -0.493 e. The SMILES string of the molecule is COc1cccc(-c2nc(C(=O)Nc3cccc(S(C)(=O)=O)c3)cs2)c1OC. The molecule has 1 heterocycles. The van der Waals surface area contributed by atoms with Gasteiger partial charge in [-0.1, -0.05) is 12.1 Å². The lowest BCUT2D eigenvalue weighted by atomic mass is 10.2. The fraction of sp³-hybridized carbons (Fsp3) is 0.158. The molecule has 1 aromatic heterocycles. The number of carbonyl (C=O) groups is 1. The molecule has 9 heteroatoms. The number of para-hydroxylation sites is 1. The van der Waals surface area contributed by atoms with E-state index >= 15 is 0 Å². The van der Waals surface area contributed by atoms with Gasteiger partial charge in [-0.25, -0.2) is 13.4 Å². The number of thiazole rings is 1. The van der Waals surface area contributed by atoms with Gasteiger partial charge in [0.2, 0.25) is 0 Å². The first kappa shape index (κ1) is 19.8. The molecule has 2 aromatic carbocycles. The van der Waals surface area contributed by atoms with Crippen molar-refractivity contribution in [1.82, 2.24) is 4.98 Å². The number of hydrogen-bond donors (Lipinski definition) is 1. The molecule has 146 valence electrons. The highest BCUT2D eigenvalue weighted by molar-refractivity contribution is 7.90. The minimum atomic E-state index is -3.36. The number of carbonyl (C=O) groups excluding carboxylic acids is 1. The van der Waals surface area contributed by atoms with Gasteiger partial charge in [0.1, 0.15) is 10.7 Å². The van der Waals surface area contributed by atoms with Gasteiger partial charge < -0.3 is 14.8 Å². The molecule has 0 saturated carbocycles. The average Bonchev–Trinajstić information content (AvgIpc) is 3.17. The fourth-order valence-corrected chi connectivity index (χ4v) is 4.05. The van der Waals surface area contributed by atoms with Gasteiger partial charge in [0.15, 0.2) is 21.3 Å². The summed E-state index contributed by atoms with van der Waals surface area (Å²) >= 11 is 1.29. The molecule has 0 unspecified atom stereocenters. The van der Waals surface area contributed by atoms with Gasteiger partial charge in [-0.05, 0) is 30.3 Å². The molecular formula is C19H18N2O5S2. The van der Waals surface area contributed by atoms with E-state index in [0.717, 1.165) is 6.26 Å². The molecule has 0 atom stereocenters. The molecule has 0 aliphatic rings. The fourth-order valence-electron chi connectivity index (χ4n) is 2.56. The van der Waals surface area contributed by atoms with E-state index in [-0.39, 0.29) is 10.6 Å². The highest BCUT2D eigenvalue weighted by atomic mass is 32.2. The van der Waals surface area contributed by atoms with Gasteiger partial charge in [0.25, 0.3) is 5.91 Å². The van der Waals surface area contributed by atoms with Crippen LogP contribution in [0.25, 0.3) is 10.6 Å². The van der Waals surface area contributed by atoms with Crippen LogP contribution in [0.1, 0.15) is 10.5 Å². The molecule has 1 amide bonds. The van der Waals surface area contributed by atoms with Gasteiger partial charge in [-0.3, -0.25) is 4.79 Å².